The molecule has 5 aromatic rings. The molecule has 0 aliphatic heterocycles. The van der Waals surface area contributed by atoms with Crippen LogP contribution in [0.25, 0.3) is 16.7 Å². The number of rotatable bonds is 7. The summed E-state index contributed by atoms with van der Waals surface area (Å²) in [5.41, 5.74) is -1.34. The summed E-state index contributed by atoms with van der Waals surface area (Å²) in [4.78, 5) is 32.4. The van der Waals surface area contributed by atoms with Crippen molar-refractivity contribution in [1.82, 2.24) is 14.1 Å². The van der Waals surface area contributed by atoms with E-state index in [-0.39, 0.29) is 27.5 Å². The van der Waals surface area contributed by atoms with Gasteiger partial charge in [-0.3, -0.25) is 9.36 Å². The molecule has 42 heavy (non-hydrogen) atoms. The summed E-state index contributed by atoms with van der Waals surface area (Å²) in [5.74, 6) is -0.324. The summed E-state index contributed by atoms with van der Waals surface area (Å²) in [5, 5.41) is 1.92. The smallest absolute Gasteiger partial charge is 0.337 e. The van der Waals surface area contributed by atoms with Crippen LogP contribution in [-0.2, 0) is 6.54 Å². The number of halogens is 2. The van der Waals surface area contributed by atoms with E-state index in [4.69, 9.17) is 16.0 Å². The standard InChI is InChI=1S/C33H31ClFN3O3Si/c1-33(2,3)42(24-11-6-4-7-12-24,25-13-8-5-9-14-25)41-28-16-10-15-27(35)29(28)38-31(39)26-19-23(34)20-36-30(26)37(32(38)40)21-22-17-18-22/h4-16,19-20,22H,17-18,21H2,1-3H3. The second-order valence-corrected chi connectivity index (χ2v) is 16.5. The van der Waals surface area contributed by atoms with Gasteiger partial charge in [0.2, 0.25) is 0 Å². The number of para-hydroxylation sites is 1. The van der Waals surface area contributed by atoms with E-state index in [0.29, 0.717) is 12.5 Å². The fraction of sp³-hybridized carbons (Fsp3) is 0.242. The number of nitrogens with zero attached hydrogens (tertiary/aromatic N) is 3. The predicted octanol–water partition coefficient (Wildman–Crippen LogP) is 5.69. The third-order valence-electron chi connectivity index (χ3n) is 7.94. The summed E-state index contributed by atoms with van der Waals surface area (Å²) in [7, 11) is -3.23. The highest BCUT2D eigenvalue weighted by Crippen LogP contribution is 2.39. The van der Waals surface area contributed by atoms with Crippen molar-refractivity contribution < 1.29 is 8.82 Å². The van der Waals surface area contributed by atoms with Crippen molar-refractivity contribution in [2.75, 3.05) is 0 Å². The molecule has 1 saturated carbocycles. The zero-order chi connectivity index (χ0) is 29.6. The molecule has 2 aromatic heterocycles. The zero-order valence-electron chi connectivity index (χ0n) is 23.7. The first kappa shape index (κ1) is 28.1. The lowest BCUT2D eigenvalue weighted by Crippen LogP contribution is -2.69. The SMILES string of the molecule is CC(C)(C)[Si](Oc1cccc(F)c1-n1c(=O)c2cc(Cl)cnc2n(CC2CC2)c1=O)(c1ccccc1)c1ccccc1. The van der Waals surface area contributed by atoms with Crippen LogP contribution in [-0.4, -0.2) is 22.4 Å². The number of aromatic nitrogens is 3. The summed E-state index contributed by atoms with van der Waals surface area (Å²) >= 11 is 6.24. The molecule has 0 saturated heterocycles. The lowest BCUT2D eigenvalue weighted by Gasteiger charge is -2.43. The molecule has 1 aliphatic carbocycles. The minimum atomic E-state index is -3.23. The molecule has 2 heterocycles. The molecule has 0 spiro atoms. The van der Waals surface area contributed by atoms with Crippen LogP contribution < -0.4 is 26.0 Å². The monoisotopic (exact) mass is 599 g/mol. The van der Waals surface area contributed by atoms with Crippen LogP contribution in [0, 0.1) is 11.7 Å². The zero-order valence-corrected chi connectivity index (χ0v) is 25.4. The Hall–Kier alpha value is -4.01. The molecule has 9 heteroatoms. The Morgan fingerprint density at radius 2 is 1.57 bits per heavy atom. The first-order valence-corrected chi connectivity index (χ1v) is 16.3. The lowest BCUT2D eigenvalue weighted by atomic mass is 10.2. The molecule has 6 nitrogen and oxygen atoms in total. The number of pyridine rings is 1. The molecular weight excluding hydrogens is 569 g/mol. The van der Waals surface area contributed by atoms with Gasteiger partial charge in [0.05, 0.1) is 10.4 Å². The van der Waals surface area contributed by atoms with E-state index >= 15 is 4.39 Å². The number of fused-ring (bicyclic) bond motifs is 1. The summed E-state index contributed by atoms with van der Waals surface area (Å²) in [6.45, 7) is 6.70. The van der Waals surface area contributed by atoms with Crippen LogP contribution in [0.4, 0.5) is 4.39 Å². The molecular formula is C33H31ClFN3O3Si. The molecule has 1 aliphatic rings. The maximum atomic E-state index is 16.0. The lowest BCUT2D eigenvalue weighted by molar-refractivity contribution is 0.494. The first-order chi connectivity index (χ1) is 20.1. The van der Waals surface area contributed by atoms with Gasteiger partial charge in [-0.25, -0.2) is 18.7 Å². The molecule has 214 valence electrons. The topological polar surface area (TPSA) is 66.1 Å². The number of benzene rings is 3. The van der Waals surface area contributed by atoms with Crippen molar-refractivity contribution in [2.45, 2.75) is 45.2 Å². The van der Waals surface area contributed by atoms with Crippen molar-refractivity contribution in [3.8, 4) is 11.4 Å². The summed E-state index contributed by atoms with van der Waals surface area (Å²) in [6.07, 6.45) is 3.36. The predicted molar refractivity (Wildman–Crippen MR) is 168 cm³/mol. The Morgan fingerprint density at radius 3 is 2.14 bits per heavy atom. The van der Waals surface area contributed by atoms with E-state index in [1.54, 1.807) is 12.1 Å². The van der Waals surface area contributed by atoms with Crippen LogP contribution in [0.15, 0.2) is 101 Å². The number of hydrogen-bond acceptors (Lipinski definition) is 4. The minimum Gasteiger partial charge on any atom is -0.532 e. The first-order valence-electron chi connectivity index (χ1n) is 14.0. The second kappa shape index (κ2) is 10.7. The van der Waals surface area contributed by atoms with E-state index in [2.05, 4.69) is 25.8 Å². The van der Waals surface area contributed by atoms with Crippen LogP contribution in [0.5, 0.6) is 5.75 Å². The molecule has 6 rings (SSSR count). The van der Waals surface area contributed by atoms with Gasteiger partial charge < -0.3 is 4.43 Å². The maximum absolute atomic E-state index is 16.0. The van der Waals surface area contributed by atoms with Crippen molar-refractivity contribution in [3.63, 3.8) is 0 Å². The van der Waals surface area contributed by atoms with Gasteiger partial charge in [0.1, 0.15) is 17.1 Å². The van der Waals surface area contributed by atoms with E-state index in [1.165, 1.54) is 22.9 Å². The second-order valence-electron chi connectivity index (χ2n) is 11.9. The Bertz CT molecular complexity index is 1860. The van der Waals surface area contributed by atoms with Crippen molar-refractivity contribution in [3.05, 3.63) is 123 Å². The van der Waals surface area contributed by atoms with Crippen LogP contribution in [0.2, 0.25) is 10.1 Å². The molecule has 0 N–H and O–H groups in total. The van der Waals surface area contributed by atoms with Gasteiger partial charge in [0.25, 0.3) is 5.56 Å². The van der Waals surface area contributed by atoms with Gasteiger partial charge in [-0.1, -0.05) is 99.1 Å². The van der Waals surface area contributed by atoms with Gasteiger partial charge in [-0.05, 0) is 52.4 Å². The summed E-state index contributed by atoms with van der Waals surface area (Å²) in [6, 6.07) is 25.7. The van der Waals surface area contributed by atoms with Gasteiger partial charge in [0.15, 0.2) is 5.82 Å². The third kappa shape index (κ3) is 4.78. The number of hydrogen-bond donors (Lipinski definition) is 0. The molecule has 0 radical (unpaired) electrons. The maximum Gasteiger partial charge on any atom is 0.337 e. The highest BCUT2D eigenvalue weighted by molar-refractivity contribution is 7.00. The molecule has 0 bridgehead atoms. The van der Waals surface area contributed by atoms with Crippen LogP contribution >= 0.6 is 11.6 Å². The van der Waals surface area contributed by atoms with E-state index in [0.717, 1.165) is 27.8 Å². The minimum absolute atomic E-state index is 0.121. The normalized spacial score (nSPS) is 13.8. The Kier molecular flexibility index (Phi) is 7.15. The van der Waals surface area contributed by atoms with E-state index < -0.39 is 30.4 Å². The molecule has 0 unspecified atom stereocenters. The highest BCUT2D eigenvalue weighted by Gasteiger charge is 2.52. The average molecular weight is 600 g/mol. The van der Waals surface area contributed by atoms with Crippen molar-refractivity contribution >= 4 is 41.3 Å². The Morgan fingerprint density at radius 1 is 0.952 bits per heavy atom. The molecule has 1 fully saturated rings. The van der Waals surface area contributed by atoms with Gasteiger partial charge in [-0.2, -0.15) is 0 Å². The Balaban J connectivity index is 1.66. The van der Waals surface area contributed by atoms with Crippen molar-refractivity contribution in [1.29, 1.82) is 0 Å². The van der Waals surface area contributed by atoms with Crippen LogP contribution in [0.3, 0.4) is 0 Å². The van der Waals surface area contributed by atoms with Gasteiger partial charge >= 0.3 is 14.0 Å². The largest absolute Gasteiger partial charge is 0.532 e. The average Bonchev–Trinajstić information content (AvgIpc) is 3.80. The molecule has 0 atom stereocenters. The Labute approximate surface area is 249 Å². The van der Waals surface area contributed by atoms with E-state index in [1.807, 2.05) is 60.7 Å². The van der Waals surface area contributed by atoms with Gasteiger partial charge in [-0.15, -0.1) is 0 Å². The molecule has 0 amide bonds. The summed E-state index contributed by atoms with van der Waals surface area (Å²) < 4.78 is 25.5. The van der Waals surface area contributed by atoms with Gasteiger partial charge in [0, 0.05) is 12.7 Å². The van der Waals surface area contributed by atoms with Crippen molar-refractivity contribution in [2.24, 2.45) is 5.92 Å². The van der Waals surface area contributed by atoms with E-state index in [9.17, 15) is 9.59 Å². The quantitative estimate of drug-likeness (QED) is 0.226. The third-order valence-corrected chi connectivity index (χ3v) is 13.1. The fourth-order valence-electron chi connectivity index (χ4n) is 5.75. The molecule has 3 aromatic carbocycles. The van der Waals surface area contributed by atoms with Crippen LogP contribution in [0.1, 0.15) is 33.6 Å². The highest BCUT2D eigenvalue weighted by atomic mass is 35.5. The fourth-order valence-corrected chi connectivity index (χ4v) is 10.3.